The van der Waals surface area contributed by atoms with Gasteiger partial charge in [0.1, 0.15) is 0 Å². The van der Waals surface area contributed by atoms with E-state index in [0.717, 1.165) is 17.7 Å². The van der Waals surface area contributed by atoms with Gasteiger partial charge in [0.2, 0.25) is 0 Å². The number of aliphatic hydroxyl groups is 1. The number of aliphatic hydroxyl groups excluding tert-OH is 1. The summed E-state index contributed by atoms with van der Waals surface area (Å²) >= 11 is 0. The molecule has 0 aliphatic carbocycles. The van der Waals surface area contributed by atoms with Gasteiger partial charge in [0.05, 0.1) is 52.9 Å². The summed E-state index contributed by atoms with van der Waals surface area (Å²) in [6.07, 6.45) is -2.23. The molecule has 1 fully saturated rings. The number of nitrogens with one attached hydrogen (secondary N) is 1. The first kappa shape index (κ1) is 29.4. The van der Waals surface area contributed by atoms with Crippen molar-refractivity contribution in [1.29, 1.82) is 0 Å². The third kappa shape index (κ3) is 6.59. The summed E-state index contributed by atoms with van der Waals surface area (Å²) in [5.41, 5.74) is 2.32. The van der Waals surface area contributed by atoms with Crippen molar-refractivity contribution in [3.05, 3.63) is 53.1 Å². The van der Waals surface area contributed by atoms with E-state index < -0.39 is 40.7 Å². The lowest BCUT2D eigenvalue weighted by atomic mass is 9.97. The number of nitrogens with zero attached hydrogens (tertiary/aromatic N) is 3. The molecule has 0 saturated carbocycles. The summed E-state index contributed by atoms with van der Waals surface area (Å²) in [5.74, 6) is -0.559. The number of pyridine rings is 2. The Morgan fingerprint density at radius 2 is 2.00 bits per heavy atom. The fraction of sp³-hybridized carbons (Fsp3) is 0.577. The van der Waals surface area contributed by atoms with Gasteiger partial charge in [-0.15, -0.1) is 0 Å². The van der Waals surface area contributed by atoms with Gasteiger partial charge in [0, 0.05) is 25.5 Å². The van der Waals surface area contributed by atoms with Crippen LogP contribution in [0.2, 0.25) is 0 Å². The molecule has 39 heavy (non-hydrogen) atoms. The highest BCUT2D eigenvalue weighted by atomic mass is 32.2. The molecule has 2 N–H and O–H groups in total. The van der Waals surface area contributed by atoms with Crippen molar-refractivity contribution in [2.24, 2.45) is 5.92 Å². The monoisotopic (exact) mass is 570 g/mol. The highest BCUT2D eigenvalue weighted by Gasteiger charge is 2.43. The number of rotatable bonds is 9. The molecule has 13 heteroatoms. The van der Waals surface area contributed by atoms with E-state index in [1.165, 1.54) is 31.5 Å². The van der Waals surface area contributed by atoms with Crippen molar-refractivity contribution < 1.29 is 36.2 Å². The summed E-state index contributed by atoms with van der Waals surface area (Å²) in [7, 11) is -3.43. The number of carbonyl (C=O) groups excluding carboxylic acids is 1. The molecular weight excluding hydrogens is 537 g/mol. The second kappa shape index (κ2) is 11.9. The summed E-state index contributed by atoms with van der Waals surface area (Å²) < 4.78 is 67.9. The average Bonchev–Trinajstić information content (AvgIpc) is 3.27. The summed E-state index contributed by atoms with van der Waals surface area (Å²) in [6, 6.07) is 3.74. The lowest BCUT2D eigenvalue weighted by molar-refractivity contribution is -0.236. The van der Waals surface area contributed by atoms with Gasteiger partial charge in [-0.05, 0) is 48.9 Å². The van der Waals surface area contributed by atoms with Crippen LogP contribution in [0.25, 0.3) is 0 Å². The summed E-state index contributed by atoms with van der Waals surface area (Å²) in [4.78, 5) is 23.9. The number of aromatic nitrogens is 2. The van der Waals surface area contributed by atoms with Crippen LogP contribution in [0.1, 0.15) is 72.5 Å². The summed E-state index contributed by atoms with van der Waals surface area (Å²) in [5, 5.41) is 12.6. The summed E-state index contributed by atoms with van der Waals surface area (Å²) in [6.45, 7) is 4.24. The second-order valence-electron chi connectivity index (χ2n) is 9.96. The van der Waals surface area contributed by atoms with E-state index in [1.54, 1.807) is 6.07 Å². The van der Waals surface area contributed by atoms with Crippen LogP contribution in [0, 0.1) is 5.92 Å². The number of carbonyl (C=O) groups is 1. The molecule has 2 aliphatic rings. The predicted octanol–water partition coefficient (Wildman–Crippen LogP) is 3.36. The van der Waals surface area contributed by atoms with Crippen LogP contribution in [-0.2, 0) is 21.1 Å². The molecule has 2 aliphatic heterocycles. The Kier molecular flexibility index (Phi) is 8.94. The number of ether oxygens (including phenoxy) is 1. The number of sulfone groups is 1. The van der Waals surface area contributed by atoms with E-state index in [2.05, 4.69) is 20.2 Å². The molecule has 0 bridgehead atoms. The number of hydrogen-bond acceptors (Lipinski definition) is 8. The fourth-order valence-corrected chi connectivity index (χ4v) is 5.98. The molecule has 0 spiro atoms. The minimum absolute atomic E-state index is 0.00949. The van der Waals surface area contributed by atoms with Crippen LogP contribution < -0.4 is 5.32 Å². The van der Waals surface area contributed by atoms with Crippen LogP contribution in [0.4, 0.5) is 13.2 Å². The Labute approximate surface area is 225 Å². The van der Waals surface area contributed by atoms with Gasteiger partial charge in [-0.3, -0.25) is 19.7 Å². The first-order chi connectivity index (χ1) is 18.5. The van der Waals surface area contributed by atoms with Crippen LogP contribution >= 0.6 is 0 Å². The predicted molar refractivity (Wildman–Crippen MR) is 135 cm³/mol. The van der Waals surface area contributed by atoms with E-state index in [0.29, 0.717) is 30.8 Å². The lowest BCUT2D eigenvalue weighted by Crippen LogP contribution is -2.40. The maximum Gasteiger partial charge on any atom is 0.414 e. The highest BCUT2D eigenvalue weighted by Crippen LogP contribution is 2.37. The van der Waals surface area contributed by atoms with Crippen molar-refractivity contribution >= 4 is 15.7 Å². The van der Waals surface area contributed by atoms with Gasteiger partial charge in [-0.25, -0.2) is 8.42 Å². The molecule has 1 unspecified atom stereocenters. The normalized spacial score (nSPS) is 22.9. The molecule has 4 heterocycles. The minimum atomic E-state index is -4.34. The van der Waals surface area contributed by atoms with Crippen molar-refractivity contribution in [3.8, 4) is 0 Å². The maximum absolute atomic E-state index is 13.0. The Bertz CT molecular complexity index is 1270. The molecule has 1 saturated heterocycles. The van der Waals surface area contributed by atoms with Crippen LogP contribution in [0.5, 0.6) is 0 Å². The largest absolute Gasteiger partial charge is 0.414 e. The number of amides is 1. The van der Waals surface area contributed by atoms with Gasteiger partial charge < -0.3 is 15.2 Å². The number of halogens is 3. The number of hydrogen-bond donors (Lipinski definition) is 2. The quantitative estimate of drug-likeness (QED) is 0.471. The molecule has 0 aromatic carbocycles. The Balaban J connectivity index is 1.41. The van der Waals surface area contributed by atoms with E-state index >= 15 is 0 Å². The molecule has 1 amide bonds. The van der Waals surface area contributed by atoms with Crippen LogP contribution in [-0.4, -0.2) is 72.1 Å². The molecule has 0 radical (unpaired) electrons. The molecule has 2 aromatic heterocycles. The van der Waals surface area contributed by atoms with Crippen LogP contribution in [0.3, 0.4) is 0 Å². The van der Waals surface area contributed by atoms with E-state index in [4.69, 9.17) is 4.74 Å². The van der Waals surface area contributed by atoms with E-state index in [-0.39, 0.29) is 35.6 Å². The van der Waals surface area contributed by atoms with Crippen molar-refractivity contribution in [2.45, 2.75) is 68.9 Å². The molecule has 2 aromatic rings. The first-order valence-corrected chi connectivity index (χ1v) is 14.6. The Morgan fingerprint density at radius 1 is 1.23 bits per heavy atom. The third-order valence-corrected chi connectivity index (χ3v) is 9.07. The van der Waals surface area contributed by atoms with Gasteiger partial charge in [-0.1, -0.05) is 13.8 Å². The average molecular weight is 571 g/mol. The Hall–Kier alpha value is -2.61. The second-order valence-corrected chi connectivity index (χ2v) is 12.2. The Morgan fingerprint density at radius 3 is 2.56 bits per heavy atom. The van der Waals surface area contributed by atoms with Crippen molar-refractivity contribution in [2.75, 3.05) is 25.5 Å². The van der Waals surface area contributed by atoms with Gasteiger partial charge >= 0.3 is 6.18 Å². The van der Waals surface area contributed by atoms with Gasteiger partial charge in [0.15, 0.2) is 15.9 Å². The molecule has 214 valence electrons. The number of fused-ring (bicyclic) bond motifs is 1. The molecule has 4 atom stereocenters. The zero-order valence-corrected chi connectivity index (χ0v) is 22.6. The zero-order valence-electron chi connectivity index (χ0n) is 21.8. The number of alkyl halides is 3. The van der Waals surface area contributed by atoms with Gasteiger partial charge in [0.25, 0.3) is 5.91 Å². The van der Waals surface area contributed by atoms with Crippen LogP contribution in [0.15, 0.2) is 35.5 Å². The molecule has 4 rings (SSSR count). The lowest BCUT2D eigenvalue weighted by Gasteiger charge is -2.34. The smallest absolute Gasteiger partial charge is 0.394 e. The van der Waals surface area contributed by atoms with E-state index in [1.807, 2.05) is 6.92 Å². The standard InChI is InChI=1S/C26H33F3N4O5S/c1-3-22-24-18(13-33(22)12-16-5-8-23(38-15-16)26(27,28)29)9-17(10-31-24)25(35)32-21(14-34)20-7-6-19(11-30-20)39(36,37)4-2/h6-7,9-11,16,21-23,34H,3-5,8,12-15H2,1-2H3,(H,32,35)/t16-,21-,22-,23?/m0/s1. The third-order valence-electron chi connectivity index (χ3n) is 7.35. The molecular formula is C26H33F3N4O5S. The maximum atomic E-state index is 13.0. The van der Waals surface area contributed by atoms with Crippen molar-refractivity contribution in [1.82, 2.24) is 20.2 Å². The first-order valence-electron chi connectivity index (χ1n) is 13.0. The van der Waals surface area contributed by atoms with Crippen molar-refractivity contribution in [3.63, 3.8) is 0 Å². The van der Waals surface area contributed by atoms with Gasteiger partial charge in [-0.2, -0.15) is 13.2 Å². The topological polar surface area (TPSA) is 122 Å². The highest BCUT2D eigenvalue weighted by molar-refractivity contribution is 7.91. The fourth-order valence-electron chi connectivity index (χ4n) is 5.16. The molecule has 9 nitrogen and oxygen atoms in total. The minimum Gasteiger partial charge on any atom is -0.394 e. The zero-order chi connectivity index (χ0) is 28.4. The SMILES string of the molecule is CC[C@H]1c2ncc(C(=O)N[C@@H](CO)c3ccc(S(=O)(=O)CC)cn3)cc2CN1C[C@@H]1CCC(C(F)(F)F)OC1. The van der Waals surface area contributed by atoms with E-state index in [9.17, 15) is 31.5 Å².